The lowest BCUT2D eigenvalue weighted by Crippen LogP contribution is -1.92. The lowest BCUT2D eigenvalue weighted by atomic mass is 10.3. The molecule has 2 heterocycles. The molecule has 0 radical (unpaired) electrons. The number of aromatic nitrogens is 3. The van der Waals surface area contributed by atoms with Crippen molar-refractivity contribution in [1.82, 2.24) is 14.5 Å². The first kappa shape index (κ1) is 10.7. The van der Waals surface area contributed by atoms with E-state index >= 15 is 0 Å². The minimum Gasteiger partial charge on any atom is -0.333 e. The summed E-state index contributed by atoms with van der Waals surface area (Å²) >= 11 is 0. The first-order valence-electron chi connectivity index (χ1n) is 4.94. The second-order valence-corrected chi connectivity index (χ2v) is 3.04. The van der Waals surface area contributed by atoms with Gasteiger partial charge in [0.25, 0.3) is 0 Å². The highest BCUT2D eigenvalue weighted by Crippen LogP contribution is 2.17. The molecule has 2 aromatic heterocycles. The summed E-state index contributed by atoms with van der Waals surface area (Å²) in [4.78, 5) is 8.35. The van der Waals surface area contributed by atoms with Gasteiger partial charge in [0.05, 0.1) is 5.69 Å². The number of nitrogens with zero attached hydrogens (tertiary/aromatic N) is 3. The molecule has 0 aliphatic rings. The molecule has 0 saturated heterocycles. The Hall–Kier alpha value is -1.38. The third-order valence-corrected chi connectivity index (χ3v) is 2.26. The SMILES string of the molecule is CC.Cc1ncnc2c1cc(C)n2C. The van der Waals surface area contributed by atoms with E-state index in [2.05, 4.69) is 27.5 Å². The van der Waals surface area contributed by atoms with Gasteiger partial charge >= 0.3 is 0 Å². The van der Waals surface area contributed by atoms with E-state index in [1.54, 1.807) is 6.33 Å². The Kier molecular flexibility index (Phi) is 3.23. The minimum absolute atomic E-state index is 1.01. The van der Waals surface area contributed by atoms with Gasteiger partial charge < -0.3 is 4.57 Å². The van der Waals surface area contributed by atoms with Gasteiger partial charge in [0.15, 0.2) is 0 Å². The Bertz CT molecular complexity index is 429. The Morgan fingerprint density at radius 3 is 2.36 bits per heavy atom. The fourth-order valence-corrected chi connectivity index (χ4v) is 1.38. The van der Waals surface area contributed by atoms with E-state index in [-0.39, 0.29) is 0 Å². The van der Waals surface area contributed by atoms with Crippen LogP contribution in [0.25, 0.3) is 11.0 Å². The molecular formula is C11H17N3. The van der Waals surface area contributed by atoms with Gasteiger partial charge in [-0.3, -0.25) is 0 Å². The second-order valence-electron chi connectivity index (χ2n) is 3.04. The van der Waals surface area contributed by atoms with Crippen LogP contribution in [0.1, 0.15) is 25.2 Å². The van der Waals surface area contributed by atoms with Crippen molar-refractivity contribution >= 4 is 11.0 Å². The normalized spacial score (nSPS) is 9.79. The van der Waals surface area contributed by atoms with Crippen LogP contribution < -0.4 is 0 Å². The molecule has 2 aromatic rings. The second kappa shape index (κ2) is 4.22. The summed E-state index contributed by atoms with van der Waals surface area (Å²) in [7, 11) is 2.02. The molecule has 0 amide bonds. The highest BCUT2D eigenvalue weighted by Gasteiger charge is 2.04. The summed E-state index contributed by atoms with van der Waals surface area (Å²) in [5.41, 5.74) is 3.28. The van der Waals surface area contributed by atoms with Gasteiger partial charge in [-0.25, -0.2) is 9.97 Å². The average molecular weight is 191 g/mol. The van der Waals surface area contributed by atoms with E-state index in [0.717, 1.165) is 16.7 Å². The molecule has 0 aromatic carbocycles. The van der Waals surface area contributed by atoms with Crippen molar-refractivity contribution in [1.29, 1.82) is 0 Å². The fraction of sp³-hybridized carbons (Fsp3) is 0.455. The lowest BCUT2D eigenvalue weighted by Gasteiger charge is -1.96. The van der Waals surface area contributed by atoms with Gasteiger partial charge in [-0.05, 0) is 19.9 Å². The number of hydrogen-bond acceptors (Lipinski definition) is 2. The van der Waals surface area contributed by atoms with Gasteiger partial charge in [-0.15, -0.1) is 0 Å². The largest absolute Gasteiger partial charge is 0.333 e. The number of hydrogen-bond donors (Lipinski definition) is 0. The molecule has 3 heteroatoms. The zero-order valence-electron chi connectivity index (χ0n) is 9.50. The zero-order chi connectivity index (χ0) is 10.7. The van der Waals surface area contributed by atoms with E-state index < -0.39 is 0 Å². The maximum absolute atomic E-state index is 4.21. The van der Waals surface area contributed by atoms with Crippen LogP contribution >= 0.6 is 0 Å². The molecule has 0 fully saturated rings. The molecule has 14 heavy (non-hydrogen) atoms. The number of fused-ring (bicyclic) bond motifs is 1. The molecule has 0 aliphatic carbocycles. The summed E-state index contributed by atoms with van der Waals surface area (Å²) in [6, 6.07) is 2.12. The molecular weight excluding hydrogens is 174 g/mol. The number of aryl methyl sites for hydroxylation is 3. The van der Waals surface area contributed by atoms with Crippen molar-refractivity contribution < 1.29 is 0 Å². The Balaban J connectivity index is 0.000000461. The van der Waals surface area contributed by atoms with Crippen LogP contribution in [-0.2, 0) is 7.05 Å². The van der Waals surface area contributed by atoms with Crippen LogP contribution in [0.5, 0.6) is 0 Å². The summed E-state index contributed by atoms with van der Waals surface area (Å²) < 4.78 is 2.07. The molecule has 0 atom stereocenters. The maximum atomic E-state index is 4.21. The van der Waals surface area contributed by atoms with Crippen LogP contribution in [0.4, 0.5) is 0 Å². The van der Waals surface area contributed by atoms with E-state index in [1.807, 2.05) is 27.8 Å². The lowest BCUT2D eigenvalue weighted by molar-refractivity contribution is 0.898. The molecule has 0 spiro atoms. The predicted molar refractivity (Wildman–Crippen MR) is 59.3 cm³/mol. The topological polar surface area (TPSA) is 30.7 Å². The summed E-state index contributed by atoms with van der Waals surface area (Å²) in [5, 5.41) is 1.15. The van der Waals surface area contributed by atoms with Gasteiger partial charge in [-0.2, -0.15) is 0 Å². The van der Waals surface area contributed by atoms with Crippen LogP contribution in [0.3, 0.4) is 0 Å². The molecule has 3 nitrogen and oxygen atoms in total. The highest BCUT2D eigenvalue weighted by atomic mass is 15.0. The Labute approximate surface area is 84.8 Å². The Morgan fingerprint density at radius 1 is 1.14 bits per heavy atom. The highest BCUT2D eigenvalue weighted by molar-refractivity contribution is 5.79. The third-order valence-electron chi connectivity index (χ3n) is 2.26. The number of rotatable bonds is 0. The molecule has 2 rings (SSSR count). The minimum atomic E-state index is 1.01. The molecule has 76 valence electrons. The van der Waals surface area contributed by atoms with Crippen molar-refractivity contribution in [2.75, 3.05) is 0 Å². The summed E-state index contributed by atoms with van der Waals surface area (Å²) in [6.45, 7) is 8.07. The standard InChI is InChI=1S/C9H11N3.C2H6/c1-6-4-8-7(2)10-5-11-9(8)12(6)3;1-2/h4-5H,1-3H3;1-2H3. The maximum Gasteiger partial charge on any atom is 0.143 e. The van der Waals surface area contributed by atoms with E-state index in [0.29, 0.717) is 0 Å². The van der Waals surface area contributed by atoms with Crippen LogP contribution in [-0.4, -0.2) is 14.5 Å². The van der Waals surface area contributed by atoms with E-state index in [4.69, 9.17) is 0 Å². The predicted octanol–water partition coefficient (Wildman–Crippen LogP) is 2.61. The van der Waals surface area contributed by atoms with Crippen molar-refractivity contribution in [2.24, 2.45) is 7.05 Å². The van der Waals surface area contributed by atoms with Gasteiger partial charge in [0, 0.05) is 18.1 Å². The third kappa shape index (κ3) is 1.62. The van der Waals surface area contributed by atoms with Gasteiger partial charge in [0.2, 0.25) is 0 Å². The van der Waals surface area contributed by atoms with Gasteiger partial charge in [0.1, 0.15) is 12.0 Å². The molecule has 0 bridgehead atoms. The monoisotopic (exact) mass is 191 g/mol. The molecule has 0 aliphatic heterocycles. The first-order chi connectivity index (χ1) is 6.70. The van der Waals surface area contributed by atoms with Crippen LogP contribution in [0, 0.1) is 13.8 Å². The quantitative estimate of drug-likeness (QED) is 0.641. The summed E-state index contributed by atoms with van der Waals surface area (Å²) in [5.74, 6) is 0. The molecule has 0 saturated carbocycles. The first-order valence-corrected chi connectivity index (χ1v) is 4.94. The van der Waals surface area contributed by atoms with Crippen molar-refractivity contribution in [3.8, 4) is 0 Å². The van der Waals surface area contributed by atoms with E-state index in [1.165, 1.54) is 5.69 Å². The van der Waals surface area contributed by atoms with E-state index in [9.17, 15) is 0 Å². The average Bonchev–Trinajstić information content (AvgIpc) is 2.50. The summed E-state index contributed by atoms with van der Waals surface area (Å²) in [6.07, 6.45) is 1.61. The molecule has 0 unspecified atom stereocenters. The van der Waals surface area contributed by atoms with Crippen LogP contribution in [0.2, 0.25) is 0 Å². The molecule has 0 N–H and O–H groups in total. The smallest absolute Gasteiger partial charge is 0.143 e. The Morgan fingerprint density at radius 2 is 1.79 bits per heavy atom. The van der Waals surface area contributed by atoms with Gasteiger partial charge in [-0.1, -0.05) is 13.8 Å². The zero-order valence-corrected chi connectivity index (χ0v) is 9.50. The van der Waals surface area contributed by atoms with Crippen molar-refractivity contribution in [3.63, 3.8) is 0 Å². The fourth-order valence-electron chi connectivity index (χ4n) is 1.38. The van der Waals surface area contributed by atoms with Crippen molar-refractivity contribution in [3.05, 3.63) is 23.8 Å². The van der Waals surface area contributed by atoms with Crippen molar-refractivity contribution in [2.45, 2.75) is 27.7 Å². The van der Waals surface area contributed by atoms with Crippen LogP contribution in [0.15, 0.2) is 12.4 Å².